The Hall–Kier alpha value is -0.710. The van der Waals surface area contributed by atoms with E-state index >= 15 is 0 Å². The first-order valence-corrected chi connectivity index (χ1v) is 8.17. The van der Waals surface area contributed by atoms with Crippen LogP contribution in [-0.4, -0.2) is 23.9 Å². The molecule has 0 heterocycles. The molecule has 0 aliphatic carbocycles. The van der Waals surface area contributed by atoms with Crippen LogP contribution < -0.4 is 5.73 Å². The molecule has 0 aromatic heterocycles. The van der Waals surface area contributed by atoms with Gasteiger partial charge in [0.1, 0.15) is 5.54 Å². The van der Waals surface area contributed by atoms with Crippen molar-refractivity contribution in [3.8, 4) is 0 Å². The lowest BCUT2D eigenvalue weighted by atomic mass is 9.96. The molecular formula is C15H22ClNO2S. The highest BCUT2D eigenvalue weighted by Gasteiger charge is 2.28. The van der Waals surface area contributed by atoms with Crippen LogP contribution in [0.4, 0.5) is 0 Å². The first-order chi connectivity index (χ1) is 9.47. The normalized spacial score (nSPS) is 13.8. The van der Waals surface area contributed by atoms with E-state index in [1.54, 1.807) is 25.6 Å². The fraction of sp³-hybridized carbons (Fsp3) is 0.533. The molecule has 0 spiro atoms. The highest BCUT2D eigenvalue weighted by Crippen LogP contribution is 2.27. The van der Waals surface area contributed by atoms with Crippen LogP contribution in [0.15, 0.2) is 29.2 Å². The summed E-state index contributed by atoms with van der Waals surface area (Å²) in [6, 6.07) is 7.80. The lowest BCUT2D eigenvalue weighted by Gasteiger charge is -2.21. The van der Waals surface area contributed by atoms with E-state index in [9.17, 15) is 4.79 Å². The van der Waals surface area contributed by atoms with E-state index in [2.05, 4.69) is 0 Å². The number of esters is 1. The van der Waals surface area contributed by atoms with Crippen molar-refractivity contribution < 1.29 is 9.53 Å². The summed E-state index contributed by atoms with van der Waals surface area (Å²) in [5.74, 6) is 0.640. The second kappa shape index (κ2) is 8.55. The summed E-state index contributed by atoms with van der Waals surface area (Å²) in [4.78, 5) is 12.7. The average molecular weight is 316 g/mol. The molecule has 0 fully saturated rings. The molecule has 3 nitrogen and oxygen atoms in total. The maximum atomic E-state index is 11.6. The third kappa shape index (κ3) is 5.73. The maximum absolute atomic E-state index is 11.6. The molecule has 0 radical (unpaired) electrons. The van der Waals surface area contributed by atoms with Crippen LogP contribution in [0.1, 0.15) is 33.1 Å². The van der Waals surface area contributed by atoms with Crippen LogP contribution in [-0.2, 0) is 9.53 Å². The molecule has 0 aliphatic heterocycles. The van der Waals surface area contributed by atoms with Gasteiger partial charge in [0.05, 0.1) is 11.6 Å². The topological polar surface area (TPSA) is 52.3 Å². The van der Waals surface area contributed by atoms with Gasteiger partial charge in [-0.3, -0.25) is 4.79 Å². The van der Waals surface area contributed by atoms with E-state index in [0.717, 1.165) is 28.5 Å². The molecule has 5 heteroatoms. The second-order valence-electron chi connectivity index (χ2n) is 4.87. The molecule has 1 aromatic carbocycles. The number of ether oxygens (including phenoxy) is 1. The summed E-state index contributed by atoms with van der Waals surface area (Å²) in [7, 11) is 0. The molecule has 20 heavy (non-hydrogen) atoms. The van der Waals surface area contributed by atoms with Crippen LogP contribution in [0.25, 0.3) is 0 Å². The zero-order valence-electron chi connectivity index (χ0n) is 12.0. The number of thioether (sulfide) groups is 1. The largest absolute Gasteiger partial charge is 0.465 e. The Morgan fingerprint density at radius 2 is 2.10 bits per heavy atom. The second-order valence-corrected chi connectivity index (χ2v) is 6.42. The number of nitrogens with two attached hydrogens (primary N) is 1. The highest BCUT2D eigenvalue weighted by atomic mass is 35.5. The third-order valence-corrected chi connectivity index (χ3v) is 4.53. The number of hydrogen-bond donors (Lipinski definition) is 1. The number of rotatable bonds is 8. The molecule has 0 bridgehead atoms. The number of unbranched alkanes of at least 4 members (excludes halogenated alkanes) is 1. The summed E-state index contributed by atoms with van der Waals surface area (Å²) in [6.45, 7) is 3.88. The SMILES string of the molecule is CCOC(=O)C(C)(N)CCCCSc1ccccc1Cl. The summed E-state index contributed by atoms with van der Waals surface area (Å²) >= 11 is 7.81. The molecule has 1 atom stereocenters. The van der Waals surface area contributed by atoms with Crippen molar-refractivity contribution in [1.29, 1.82) is 0 Å². The van der Waals surface area contributed by atoms with E-state index in [-0.39, 0.29) is 5.97 Å². The van der Waals surface area contributed by atoms with Gasteiger partial charge in [-0.05, 0) is 44.6 Å². The molecule has 0 amide bonds. The Morgan fingerprint density at radius 3 is 2.75 bits per heavy atom. The number of benzene rings is 1. The summed E-state index contributed by atoms with van der Waals surface area (Å²) < 4.78 is 4.96. The van der Waals surface area contributed by atoms with Gasteiger partial charge in [-0.1, -0.05) is 30.2 Å². The predicted molar refractivity (Wildman–Crippen MR) is 85.3 cm³/mol. The summed E-state index contributed by atoms with van der Waals surface area (Å²) in [5, 5.41) is 0.785. The lowest BCUT2D eigenvalue weighted by Crippen LogP contribution is -2.46. The molecular weight excluding hydrogens is 294 g/mol. The Kier molecular flexibility index (Phi) is 7.41. The minimum absolute atomic E-state index is 0.321. The van der Waals surface area contributed by atoms with Crippen molar-refractivity contribution in [3.63, 3.8) is 0 Å². The molecule has 2 N–H and O–H groups in total. The lowest BCUT2D eigenvalue weighted by molar-refractivity contribution is -0.149. The maximum Gasteiger partial charge on any atom is 0.325 e. The zero-order valence-corrected chi connectivity index (χ0v) is 13.6. The van der Waals surface area contributed by atoms with Crippen molar-refractivity contribution in [3.05, 3.63) is 29.3 Å². The Labute approximate surface area is 130 Å². The molecule has 112 valence electrons. The van der Waals surface area contributed by atoms with Gasteiger partial charge in [-0.25, -0.2) is 0 Å². The van der Waals surface area contributed by atoms with Crippen molar-refractivity contribution in [2.24, 2.45) is 5.73 Å². The molecule has 1 rings (SSSR count). The van der Waals surface area contributed by atoms with Gasteiger partial charge in [0.15, 0.2) is 0 Å². The Balaban J connectivity index is 2.25. The van der Waals surface area contributed by atoms with Crippen LogP contribution in [0.3, 0.4) is 0 Å². The highest BCUT2D eigenvalue weighted by molar-refractivity contribution is 7.99. The number of carbonyl (C=O) groups excluding carboxylic acids is 1. The molecule has 0 saturated carbocycles. The third-order valence-electron chi connectivity index (χ3n) is 2.93. The van der Waals surface area contributed by atoms with Crippen LogP contribution in [0, 0.1) is 0 Å². The van der Waals surface area contributed by atoms with E-state index in [1.807, 2.05) is 24.3 Å². The Morgan fingerprint density at radius 1 is 1.40 bits per heavy atom. The predicted octanol–water partition coefficient (Wildman–Crippen LogP) is 3.88. The minimum atomic E-state index is -0.884. The van der Waals surface area contributed by atoms with Crippen LogP contribution >= 0.6 is 23.4 Å². The first-order valence-electron chi connectivity index (χ1n) is 6.81. The standard InChI is InChI=1S/C15H22ClNO2S/c1-3-19-14(18)15(2,17)10-6-7-11-20-13-9-5-4-8-12(13)16/h4-5,8-9H,3,6-7,10-11,17H2,1-2H3. The van der Waals surface area contributed by atoms with Crippen molar-refractivity contribution in [1.82, 2.24) is 0 Å². The number of hydrogen-bond acceptors (Lipinski definition) is 4. The number of halogens is 1. The van der Waals surface area contributed by atoms with E-state index in [1.165, 1.54) is 0 Å². The van der Waals surface area contributed by atoms with Crippen molar-refractivity contribution in [2.75, 3.05) is 12.4 Å². The van der Waals surface area contributed by atoms with Gasteiger partial charge in [0.25, 0.3) is 0 Å². The van der Waals surface area contributed by atoms with Crippen molar-refractivity contribution >= 4 is 29.3 Å². The van der Waals surface area contributed by atoms with Gasteiger partial charge >= 0.3 is 5.97 Å². The van der Waals surface area contributed by atoms with Crippen LogP contribution in [0.5, 0.6) is 0 Å². The van der Waals surface area contributed by atoms with E-state index in [0.29, 0.717) is 13.0 Å². The molecule has 1 aromatic rings. The fourth-order valence-electron chi connectivity index (χ4n) is 1.74. The molecule has 1 unspecified atom stereocenters. The summed E-state index contributed by atoms with van der Waals surface area (Å²) in [6.07, 6.45) is 2.51. The quantitative estimate of drug-likeness (QED) is 0.449. The monoisotopic (exact) mass is 315 g/mol. The fourth-order valence-corrected chi connectivity index (χ4v) is 2.98. The Bertz CT molecular complexity index is 438. The zero-order chi connectivity index (χ0) is 15.0. The van der Waals surface area contributed by atoms with Gasteiger partial charge in [0, 0.05) is 4.90 Å². The van der Waals surface area contributed by atoms with Crippen LogP contribution in [0.2, 0.25) is 5.02 Å². The first kappa shape index (κ1) is 17.3. The molecule has 0 saturated heterocycles. The van der Waals surface area contributed by atoms with Gasteiger partial charge < -0.3 is 10.5 Å². The molecule has 0 aliphatic rings. The van der Waals surface area contributed by atoms with Gasteiger partial charge in [0.2, 0.25) is 0 Å². The van der Waals surface area contributed by atoms with Gasteiger partial charge in [-0.2, -0.15) is 0 Å². The smallest absolute Gasteiger partial charge is 0.325 e. The minimum Gasteiger partial charge on any atom is -0.465 e. The van der Waals surface area contributed by atoms with E-state index < -0.39 is 5.54 Å². The summed E-state index contributed by atoms with van der Waals surface area (Å²) in [5.41, 5.74) is 5.08. The van der Waals surface area contributed by atoms with Crippen molar-refractivity contribution in [2.45, 2.75) is 43.5 Å². The van der Waals surface area contributed by atoms with Gasteiger partial charge in [-0.15, -0.1) is 11.8 Å². The number of carbonyl (C=O) groups is 1. The van der Waals surface area contributed by atoms with E-state index in [4.69, 9.17) is 22.1 Å². The average Bonchev–Trinajstić information content (AvgIpc) is 2.40.